The van der Waals surface area contributed by atoms with Gasteiger partial charge in [-0.1, -0.05) is 18.7 Å². The highest BCUT2D eigenvalue weighted by Crippen LogP contribution is 2.24. The van der Waals surface area contributed by atoms with Crippen LogP contribution in [-0.2, 0) is 6.42 Å². The summed E-state index contributed by atoms with van der Waals surface area (Å²) >= 11 is 1.20. The number of ketones is 1. The van der Waals surface area contributed by atoms with E-state index in [1.165, 1.54) is 23.9 Å². The monoisotopic (exact) mass is 279 g/mol. The molecule has 0 aliphatic rings. The van der Waals surface area contributed by atoms with Gasteiger partial charge in [-0.05, 0) is 12.1 Å². The van der Waals surface area contributed by atoms with Crippen molar-refractivity contribution in [2.24, 2.45) is 0 Å². The molecule has 2 aromatic rings. The molecule has 0 bridgehead atoms. The first-order valence-corrected chi connectivity index (χ1v) is 6.68. The van der Waals surface area contributed by atoms with Gasteiger partial charge in [-0.25, -0.2) is 4.98 Å². The maximum Gasteiger partial charge on any atom is 0.208 e. The standard InChI is InChI=1S/C12H13N3O3S/c1-2-11-13-12(15-14-11)19-6-10(18)8-4-3-7(16)5-9(8)17/h3-5,16-17H,2,6H2,1H3,(H,13,14,15). The number of thioether (sulfide) groups is 1. The smallest absolute Gasteiger partial charge is 0.208 e. The fraction of sp³-hybridized carbons (Fsp3) is 0.250. The van der Waals surface area contributed by atoms with Crippen LogP contribution in [0.1, 0.15) is 23.1 Å². The fourth-order valence-electron chi connectivity index (χ4n) is 1.46. The summed E-state index contributed by atoms with van der Waals surface area (Å²) in [5, 5.41) is 26.0. The minimum atomic E-state index is -0.245. The van der Waals surface area contributed by atoms with Gasteiger partial charge < -0.3 is 10.2 Å². The van der Waals surface area contributed by atoms with Crippen LogP contribution in [0.25, 0.3) is 0 Å². The maximum atomic E-state index is 11.9. The molecule has 1 heterocycles. The SMILES string of the molecule is CCc1nc(SCC(=O)c2ccc(O)cc2O)n[nH]1. The van der Waals surface area contributed by atoms with Gasteiger partial charge in [0, 0.05) is 12.5 Å². The Balaban J connectivity index is 2.01. The number of H-pyrrole nitrogens is 1. The number of carbonyl (C=O) groups is 1. The van der Waals surface area contributed by atoms with E-state index in [0.717, 1.165) is 18.3 Å². The molecular formula is C12H13N3O3S. The van der Waals surface area contributed by atoms with Crippen LogP contribution in [-0.4, -0.2) is 36.9 Å². The first-order valence-electron chi connectivity index (χ1n) is 5.69. The largest absolute Gasteiger partial charge is 0.508 e. The van der Waals surface area contributed by atoms with Crippen LogP contribution < -0.4 is 0 Å². The maximum absolute atomic E-state index is 11.9. The normalized spacial score (nSPS) is 10.6. The molecule has 6 nitrogen and oxygen atoms in total. The van der Waals surface area contributed by atoms with E-state index in [0.29, 0.717) is 5.16 Å². The molecule has 0 saturated heterocycles. The van der Waals surface area contributed by atoms with Gasteiger partial charge in [0.05, 0.1) is 11.3 Å². The van der Waals surface area contributed by atoms with Crippen molar-refractivity contribution in [1.82, 2.24) is 15.2 Å². The molecule has 0 aliphatic heterocycles. The molecule has 100 valence electrons. The number of aryl methyl sites for hydroxylation is 1. The number of phenolic OH excluding ortho intramolecular Hbond substituents is 2. The summed E-state index contributed by atoms with van der Waals surface area (Å²) in [7, 11) is 0. The minimum absolute atomic E-state index is 0.0803. The van der Waals surface area contributed by atoms with E-state index in [2.05, 4.69) is 15.2 Å². The number of Topliss-reactive ketones (excluding diaryl/α,β-unsaturated/α-hetero) is 1. The quantitative estimate of drug-likeness (QED) is 0.569. The third-order valence-electron chi connectivity index (χ3n) is 2.46. The molecule has 0 unspecified atom stereocenters. The number of phenols is 2. The predicted octanol–water partition coefficient (Wildman–Crippen LogP) is 1.75. The molecule has 1 aromatic carbocycles. The van der Waals surface area contributed by atoms with E-state index in [-0.39, 0.29) is 28.6 Å². The third-order valence-corrected chi connectivity index (χ3v) is 3.31. The fourth-order valence-corrected chi connectivity index (χ4v) is 2.16. The molecule has 2 rings (SSSR count). The Bertz CT molecular complexity index is 598. The molecule has 1 aromatic heterocycles. The highest BCUT2D eigenvalue weighted by atomic mass is 32.2. The summed E-state index contributed by atoms with van der Waals surface area (Å²) < 4.78 is 0. The van der Waals surface area contributed by atoms with Gasteiger partial charge >= 0.3 is 0 Å². The minimum Gasteiger partial charge on any atom is -0.508 e. The van der Waals surface area contributed by atoms with Crippen molar-refractivity contribution in [1.29, 1.82) is 0 Å². The molecule has 19 heavy (non-hydrogen) atoms. The molecular weight excluding hydrogens is 266 g/mol. The van der Waals surface area contributed by atoms with E-state index >= 15 is 0 Å². The van der Waals surface area contributed by atoms with Crippen LogP contribution in [0.2, 0.25) is 0 Å². The van der Waals surface area contributed by atoms with Crippen molar-refractivity contribution in [2.45, 2.75) is 18.5 Å². The number of rotatable bonds is 5. The lowest BCUT2D eigenvalue weighted by Gasteiger charge is -2.02. The Morgan fingerprint density at radius 1 is 1.42 bits per heavy atom. The van der Waals surface area contributed by atoms with E-state index in [1.54, 1.807) is 0 Å². The zero-order valence-corrected chi connectivity index (χ0v) is 11.1. The van der Waals surface area contributed by atoms with Crippen LogP contribution in [0.3, 0.4) is 0 Å². The third kappa shape index (κ3) is 3.25. The molecule has 0 amide bonds. The summed E-state index contributed by atoms with van der Waals surface area (Å²) in [6.45, 7) is 1.95. The van der Waals surface area contributed by atoms with Crippen LogP contribution in [0.5, 0.6) is 11.5 Å². The molecule has 0 atom stereocenters. The molecule has 7 heteroatoms. The molecule has 0 fully saturated rings. The molecule has 3 N–H and O–H groups in total. The Labute approximate surface area is 113 Å². The Hall–Kier alpha value is -2.02. The summed E-state index contributed by atoms with van der Waals surface area (Å²) in [6, 6.07) is 3.89. The number of aromatic nitrogens is 3. The first kappa shape index (κ1) is 13.4. The van der Waals surface area contributed by atoms with Crippen LogP contribution >= 0.6 is 11.8 Å². The molecule has 0 spiro atoms. The lowest BCUT2D eigenvalue weighted by molar-refractivity contribution is 0.102. The van der Waals surface area contributed by atoms with E-state index < -0.39 is 0 Å². The first-order chi connectivity index (χ1) is 9.10. The number of nitrogens with one attached hydrogen (secondary N) is 1. The zero-order chi connectivity index (χ0) is 13.8. The lowest BCUT2D eigenvalue weighted by Crippen LogP contribution is -2.02. The lowest BCUT2D eigenvalue weighted by atomic mass is 10.1. The van der Waals surface area contributed by atoms with Gasteiger partial charge in [-0.3, -0.25) is 9.89 Å². The molecule has 0 radical (unpaired) electrons. The van der Waals surface area contributed by atoms with Gasteiger partial charge in [0.2, 0.25) is 5.16 Å². The van der Waals surface area contributed by atoms with E-state index in [9.17, 15) is 9.90 Å². The van der Waals surface area contributed by atoms with Crippen molar-refractivity contribution in [3.63, 3.8) is 0 Å². The van der Waals surface area contributed by atoms with E-state index in [1.807, 2.05) is 6.92 Å². The van der Waals surface area contributed by atoms with Gasteiger partial charge in [-0.15, -0.1) is 5.10 Å². The van der Waals surface area contributed by atoms with Crippen LogP contribution in [0.15, 0.2) is 23.4 Å². The Morgan fingerprint density at radius 2 is 2.21 bits per heavy atom. The average Bonchev–Trinajstić information content (AvgIpc) is 2.84. The number of carbonyl (C=O) groups excluding carboxylic acids is 1. The van der Waals surface area contributed by atoms with Crippen molar-refractivity contribution in [2.75, 3.05) is 5.75 Å². The van der Waals surface area contributed by atoms with E-state index in [4.69, 9.17) is 5.11 Å². The topological polar surface area (TPSA) is 99.1 Å². The van der Waals surface area contributed by atoms with Crippen molar-refractivity contribution >= 4 is 17.5 Å². The second-order valence-electron chi connectivity index (χ2n) is 3.83. The summed E-state index contributed by atoms with van der Waals surface area (Å²) in [5.74, 6) is 0.338. The van der Waals surface area contributed by atoms with Crippen molar-refractivity contribution in [3.05, 3.63) is 29.6 Å². The van der Waals surface area contributed by atoms with Gasteiger partial charge in [-0.2, -0.15) is 0 Å². The number of hydrogen-bond donors (Lipinski definition) is 3. The second-order valence-corrected chi connectivity index (χ2v) is 4.77. The Morgan fingerprint density at radius 3 is 2.84 bits per heavy atom. The predicted molar refractivity (Wildman–Crippen MR) is 70.6 cm³/mol. The number of aromatic amines is 1. The zero-order valence-electron chi connectivity index (χ0n) is 10.3. The van der Waals surface area contributed by atoms with Gasteiger partial charge in [0.25, 0.3) is 0 Å². The van der Waals surface area contributed by atoms with Crippen molar-refractivity contribution < 1.29 is 15.0 Å². The Kier molecular flexibility index (Phi) is 4.06. The van der Waals surface area contributed by atoms with Crippen molar-refractivity contribution in [3.8, 4) is 11.5 Å². The van der Waals surface area contributed by atoms with Crippen LogP contribution in [0, 0.1) is 0 Å². The number of benzene rings is 1. The summed E-state index contributed by atoms with van der Waals surface area (Å²) in [6.07, 6.45) is 0.750. The summed E-state index contributed by atoms with van der Waals surface area (Å²) in [5.41, 5.74) is 0.177. The molecule has 0 aliphatic carbocycles. The second kappa shape index (κ2) is 5.75. The summed E-state index contributed by atoms with van der Waals surface area (Å²) in [4.78, 5) is 16.1. The van der Waals surface area contributed by atoms with Gasteiger partial charge in [0.15, 0.2) is 5.78 Å². The number of nitrogens with zero attached hydrogens (tertiary/aromatic N) is 2. The highest BCUT2D eigenvalue weighted by molar-refractivity contribution is 7.99. The highest BCUT2D eigenvalue weighted by Gasteiger charge is 2.13. The van der Waals surface area contributed by atoms with Gasteiger partial charge in [0.1, 0.15) is 17.3 Å². The van der Waals surface area contributed by atoms with Crippen LogP contribution in [0.4, 0.5) is 0 Å². The molecule has 0 saturated carbocycles. The number of hydrogen-bond acceptors (Lipinski definition) is 6. The number of aromatic hydroxyl groups is 2. The average molecular weight is 279 g/mol.